The van der Waals surface area contributed by atoms with Gasteiger partial charge in [-0.15, -0.1) is 11.3 Å². The molecule has 4 rings (SSSR count). The van der Waals surface area contributed by atoms with Gasteiger partial charge in [-0.1, -0.05) is 18.2 Å². The van der Waals surface area contributed by atoms with E-state index in [0.717, 1.165) is 22.0 Å². The fraction of sp³-hybridized carbons (Fsp3) is 0.0588. The third-order valence-electron chi connectivity index (χ3n) is 3.62. The largest absolute Gasteiger partial charge is 0.477 e. The summed E-state index contributed by atoms with van der Waals surface area (Å²) in [5, 5.41) is 10.0. The highest BCUT2D eigenvalue weighted by molar-refractivity contribution is 7.17. The molecule has 0 fully saturated rings. The monoisotopic (exact) mass is 324 g/mol. The molecular formula is C17H12N2O3S. The number of hydrogen-bond donors (Lipinski definition) is 1. The van der Waals surface area contributed by atoms with Gasteiger partial charge in [0.25, 0.3) is 0 Å². The van der Waals surface area contributed by atoms with Crippen molar-refractivity contribution in [2.24, 2.45) is 0 Å². The van der Waals surface area contributed by atoms with E-state index in [1.54, 1.807) is 12.3 Å². The topological polar surface area (TPSA) is 62.7 Å². The van der Waals surface area contributed by atoms with Crippen LogP contribution in [-0.2, 0) is 6.54 Å². The summed E-state index contributed by atoms with van der Waals surface area (Å²) in [6, 6.07) is 15.0. The van der Waals surface area contributed by atoms with Gasteiger partial charge in [0.15, 0.2) is 0 Å². The van der Waals surface area contributed by atoms with Gasteiger partial charge < -0.3 is 14.7 Å². The second-order valence-electron chi connectivity index (χ2n) is 5.07. The van der Waals surface area contributed by atoms with Gasteiger partial charge in [0, 0.05) is 11.8 Å². The Morgan fingerprint density at radius 3 is 2.87 bits per heavy atom. The zero-order valence-electron chi connectivity index (χ0n) is 12.0. The van der Waals surface area contributed by atoms with E-state index in [1.165, 1.54) is 11.3 Å². The van der Waals surface area contributed by atoms with Gasteiger partial charge in [-0.05, 0) is 30.3 Å². The van der Waals surface area contributed by atoms with Crippen molar-refractivity contribution in [3.05, 3.63) is 65.2 Å². The van der Waals surface area contributed by atoms with E-state index in [-0.39, 0.29) is 0 Å². The number of anilines is 2. The molecule has 0 saturated heterocycles. The van der Waals surface area contributed by atoms with E-state index in [2.05, 4.69) is 4.98 Å². The maximum Gasteiger partial charge on any atom is 0.345 e. The molecule has 1 aliphatic heterocycles. The SMILES string of the molecule is O=C(O)c1ccc(N2Cc3ccccc3Oc3ncccc32)s1. The number of carboxylic acid groups (broad SMARTS) is 1. The lowest BCUT2D eigenvalue weighted by molar-refractivity contribution is 0.0702. The molecular weight excluding hydrogens is 312 g/mol. The molecule has 0 atom stereocenters. The van der Waals surface area contributed by atoms with Crippen LogP contribution in [0.3, 0.4) is 0 Å². The van der Waals surface area contributed by atoms with E-state index in [0.29, 0.717) is 17.3 Å². The first-order chi connectivity index (χ1) is 11.2. The zero-order chi connectivity index (χ0) is 15.8. The first-order valence-electron chi connectivity index (χ1n) is 7.04. The Bertz CT molecular complexity index is 891. The van der Waals surface area contributed by atoms with Crippen LogP contribution in [0.25, 0.3) is 0 Å². The van der Waals surface area contributed by atoms with Crippen LogP contribution in [0.4, 0.5) is 10.7 Å². The molecule has 0 radical (unpaired) electrons. The number of nitrogens with zero attached hydrogens (tertiary/aromatic N) is 2. The first kappa shape index (κ1) is 13.8. The van der Waals surface area contributed by atoms with Crippen molar-refractivity contribution in [1.29, 1.82) is 0 Å². The minimum atomic E-state index is -0.917. The molecule has 0 saturated carbocycles. The summed E-state index contributed by atoms with van der Waals surface area (Å²) in [7, 11) is 0. The van der Waals surface area contributed by atoms with E-state index >= 15 is 0 Å². The Morgan fingerprint density at radius 2 is 2.04 bits per heavy atom. The molecule has 0 unspecified atom stereocenters. The lowest BCUT2D eigenvalue weighted by atomic mass is 10.2. The molecule has 3 aromatic rings. The highest BCUT2D eigenvalue weighted by Gasteiger charge is 2.24. The number of carbonyl (C=O) groups is 1. The highest BCUT2D eigenvalue weighted by Crippen LogP contribution is 2.42. The summed E-state index contributed by atoms with van der Waals surface area (Å²) in [5.41, 5.74) is 1.85. The molecule has 1 aromatic carbocycles. The van der Waals surface area contributed by atoms with Crippen LogP contribution in [0.1, 0.15) is 15.2 Å². The molecule has 3 heterocycles. The number of para-hydroxylation sites is 1. The standard InChI is InChI=1S/C17H12N2O3S/c20-17(21)14-7-8-15(23-14)19-10-11-4-1-2-6-13(11)22-16-12(19)5-3-9-18-16/h1-9H,10H2,(H,20,21). The predicted molar refractivity (Wildman–Crippen MR) is 87.9 cm³/mol. The van der Waals surface area contributed by atoms with E-state index in [9.17, 15) is 4.79 Å². The molecule has 0 aliphatic carbocycles. The number of aromatic nitrogens is 1. The van der Waals surface area contributed by atoms with Gasteiger partial charge in [-0.25, -0.2) is 9.78 Å². The Labute approximate surface area is 136 Å². The van der Waals surface area contributed by atoms with Crippen LogP contribution in [0, 0.1) is 0 Å². The minimum Gasteiger partial charge on any atom is -0.477 e. The van der Waals surface area contributed by atoms with Crippen molar-refractivity contribution in [3.8, 4) is 11.6 Å². The summed E-state index contributed by atoms with van der Waals surface area (Å²) in [6.45, 7) is 0.592. The van der Waals surface area contributed by atoms with Gasteiger partial charge in [-0.3, -0.25) is 0 Å². The number of fused-ring (bicyclic) bond motifs is 2. The number of benzene rings is 1. The van der Waals surface area contributed by atoms with Gasteiger partial charge >= 0.3 is 5.97 Å². The third kappa shape index (κ3) is 2.43. The molecule has 0 bridgehead atoms. The second kappa shape index (κ2) is 5.40. The van der Waals surface area contributed by atoms with E-state index < -0.39 is 5.97 Å². The van der Waals surface area contributed by atoms with Gasteiger partial charge in [0.2, 0.25) is 5.88 Å². The van der Waals surface area contributed by atoms with Crippen LogP contribution in [0.15, 0.2) is 54.7 Å². The Kier molecular flexibility index (Phi) is 3.24. The molecule has 1 aliphatic rings. The average Bonchev–Trinajstić information content (AvgIpc) is 2.98. The number of carboxylic acids is 1. The van der Waals surface area contributed by atoms with Crippen molar-refractivity contribution < 1.29 is 14.6 Å². The third-order valence-corrected chi connectivity index (χ3v) is 4.71. The smallest absolute Gasteiger partial charge is 0.345 e. The van der Waals surface area contributed by atoms with E-state index in [1.807, 2.05) is 47.4 Å². The number of rotatable bonds is 2. The van der Waals surface area contributed by atoms with Crippen LogP contribution in [0.5, 0.6) is 11.6 Å². The lowest BCUT2D eigenvalue weighted by Crippen LogP contribution is -2.14. The number of pyridine rings is 1. The predicted octanol–water partition coefficient (Wildman–Crippen LogP) is 4.29. The van der Waals surface area contributed by atoms with Gasteiger partial charge in [-0.2, -0.15) is 0 Å². The molecule has 5 nitrogen and oxygen atoms in total. The quantitative estimate of drug-likeness (QED) is 0.762. The van der Waals surface area contributed by atoms with Crippen LogP contribution in [0.2, 0.25) is 0 Å². The van der Waals surface area contributed by atoms with Crippen molar-refractivity contribution >= 4 is 28.0 Å². The Morgan fingerprint density at radius 1 is 1.17 bits per heavy atom. The number of hydrogen-bond acceptors (Lipinski definition) is 5. The lowest BCUT2D eigenvalue weighted by Gasteiger charge is -2.21. The number of thiophene rings is 1. The summed E-state index contributed by atoms with van der Waals surface area (Å²) in [5.74, 6) is 0.367. The number of ether oxygens (including phenoxy) is 1. The maximum absolute atomic E-state index is 11.2. The molecule has 0 amide bonds. The zero-order valence-corrected chi connectivity index (χ0v) is 12.8. The van der Waals surface area contributed by atoms with Crippen LogP contribution in [-0.4, -0.2) is 16.1 Å². The van der Waals surface area contributed by atoms with Gasteiger partial charge in [0.05, 0.1) is 11.5 Å². The van der Waals surface area contributed by atoms with Crippen LogP contribution >= 0.6 is 11.3 Å². The van der Waals surface area contributed by atoms with Crippen molar-refractivity contribution in [2.45, 2.75) is 6.54 Å². The number of aromatic carboxylic acids is 1. The molecule has 6 heteroatoms. The van der Waals surface area contributed by atoms with E-state index in [4.69, 9.17) is 9.84 Å². The van der Waals surface area contributed by atoms with Crippen molar-refractivity contribution in [1.82, 2.24) is 4.98 Å². The maximum atomic E-state index is 11.2. The van der Waals surface area contributed by atoms with Gasteiger partial charge in [0.1, 0.15) is 16.3 Å². The summed E-state index contributed by atoms with van der Waals surface area (Å²) in [6.07, 6.45) is 1.68. The van der Waals surface area contributed by atoms with Crippen molar-refractivity contribution in [3.63, 3.8) is 0 Å². The van der Waals surface area contributed by atoms with Crippen molar-refractivity contribution in [2.75, 3.05) is 4.90 Å². The fourth-order valence-electron chi connectivity index (χ4n) is 2.54. The molecule has 2 aromatic heterocycles. The Balaban J connectivity index is 1.85. The molecule has 1 N–H and O–H groups in total. The first-order valence-corrected chi connectivity index (χ1v) is 7.85. The average molecular weight is 324 g/mol. The molecule has 0 spiro atoms. The summed E-state index contributed by atoms with van der Waals surface area (Å²) < 4.78 is 5.94. The minimum absolute atomic E-state index is 0.309. The molecule has 23 heavy (non-hydrogen) atoms. The molecule has 114 valence electrons. The van der Waals surface area contributed by atoms with Crippen LogP contribution < -0.4 is 9.64 Å². The highest BCUT2D eigenvalue weighted by atomic mass is 32.1. The summed E-state index contributed by atoms with van der Waals surface area (Å²) >= 11 is 1.24. The normalized spacial score (nSPS) is 12.8. The fourth-order valence-corrected chi connectivity index (χ4v) is 3.40. The Hall–Kier alpha value is -2.86. The second-order valence-corrected chi connectivity index (χ2v) is 6.13. The summed E-state index contributed by atoms with van der Waals surface area (Å²) in [4.78, 5) is 17.8.